The van der Waals surface area contributed by atoms with Gasteiger partial charge in [-0.05, 0) is 25.7 Å². The smallest absolute Gasteiger partial charge is 0.418 e. The van der Waals surface area contributed by atoms with Crippen molar-refractivity contribution in [2.75, 3.05) is 19.6 Å². The van der Waals surface area contributed by atoms with Crippen LogP contribution in [0.1, 0.15) is 90.9 Å². The molecule has 1 aliphatic heterocycles. The van der Waals surface area contributed by atoms with Crippen LogP contribution in [-0.2, 0) is 0 Å². The molecule has 0 aromatic rings. The number of rotatable bonds is 11. The number of quaternary nitrogens is 1. The van der Waals surface area contributed by atoms with Crippen molar-refractivity contribution < 1.29 is 22.2 Å². The van der Waals surface area contributed by atoms with Gasteiger partial charge in [-0.2, -0.15) is 0 Å². The van der Waals surface area contributed by atoms with Crippen LogP contribution in [-0.4, -0.2) is 26.9 Å². The molecule has 0 aromatic carbocycles. The van der Waals surface area contributed by atoms with Gasteiger partial charge in [-0.25, -0.2) is 0 Å². The molecule has 1 rings (SSSR count). The van der Waals surface area contributed by atoms with Gasteiger partial charge < -0.3 is 22.2 Å². The maximum Gasteiger partial charge on any atom is 0.673 e. The summed E-state index contributed by atoms with van der Waals surface area (Å²) >= 11 is 0. The minimum atomic E-state index is -6.00. The molecular formula is C18H38BF4N. The second-order valence-corrected chi connectivity index (χ2v) is 7.38. The quantitative estimate of drug-likeness (QED) is 0.283. The predicted molar refractivity (Wildman–Crippen MR) is 96.0 cm³/mol. The van der Waals surface area contributed by atoms with Crippen LogP contribution >= 0.6 is 0 Å². The average molecular weight is 355 g/mol. The first-order valence-corrected chi connectivity index (χ1v) is 10.0. The van der Waals surface area contributed by atoms with Crippen LogP contribution < -0.4 is 4.90 Å². The molecule has 1 saturated heterocycles. The fraction of sp³-hybridized carbons (Fsp3) is 1.00. The number of piperidine rings is 1. The molecule has 1 N–H and O–H groups in total. The van der Waals surface area contributed by atoms with Crippen LogP contribution in [0, 0.1) is 5.92 Å². The summed E-state index contributed by atoms with van der Waals surface area (Å²) in [6, 6.07) is 0. The second-order valence-electron chi connectivity index (χ2n) is 7.38. The zero-order valence-corrected chi connectivity index (χ0v) is 15.8. The molecule has 0 radical (unpaired) electrons. The van der Waals surface area contributed by atoms with Gasteiger partial charge in [-0.3, -0.25) is 0 Å². The Morgan fingerprint density at radius 1 is 0.833 bits per heavy atom. The van der Waals surface area contributed by atoms with E-state index in [1.807, 2.05) is 4.90 Å². The van der Waals surface area contributed by atoms with E-state index in [4.69, 9.17) is 0 Å². The minimum absolute atomic E-state index is 0.979. The molecule has 2 atom stereocenters. The standard InChI is InChI=1S/C18H37N.BF4/c1-3-4-5-6-7-8-9-10-11-12-15-19-16-13-14-18(2)17-19;2-1(3,4)5/h18H,3-17H2,1-2H3;/q;-1/p+1. The van der Waals surface area contributed by atoms with Crippen molar-refractivity contribution in [3.05, 3.63) is 0 Å². The molecule has 1 heterocycles. The Labute approximate surface area is 146 Å². The highest BCUT2D eigenvalue weighted by Crippen LogP contribution is 2.10. The lowest BCUT2D eigenvalue weighted by atomic mass is 10.00. The zero-order valence-electron chi connectivity index (χ0n) is 15.8. The monoisotopic (exact) mass is 355 g/mol. The fourth-order valence-corrected chi connectivity index (χ4v) is 3.49. The maximum absolute atomic E-state index is 9.75. The Kier molecular flexibility index (Phi) is 14.9. The van der Waals surface area contributed by atoms with Gasteiger partial charge in [0, 0.05) is 5.92 Å². The number of hydrogen-bond acceptors (Lipinski definition) is 0. The van der Waals surface area contributed by atoms with Crippen LogP contribution in [0.5, 0.6) is 0 Å². The van der Waals surface area contributed by atoms with E-state index in [1.54, 1.807) is 0 Å². The van der Waals surface area contributed by atoms with Crippen LogP contribution in [0.25, 0.3) is 0 Å². The van der Waals surface area contributed by atoms with Gasteiger partial charge in [0.25, 0.3) is 0 Å². The van der Waals surface area contributed by atoms with E-state index >= 15 is 0 Å². The van der Waals surface area contributed by atoms with E-state index in [1.165, 1.54) is 96.7 Å². The van der Waals surface area contributed by atoms with Crippen LogP contribution in [0.3, 0.4) is 0 Å². The highest BCUT2D eigenvalue weighted by molar-refractivity contribution is 6.50. The summed E-state index contributed by atoms with van der Waals surface area (Å²) in [6.45, 7) is 9.06. The third-order valence-electron chi connectivity index (χ3n) is 4.75. The first-order valence-electron chi connectivity index (χ1n) is 10.0. The minimum Gasteiger partial charge on any atom is -0.418 e. The summed E-state index contributed by atoms with van der Waals surface area (Å²) in [6.07, 6.45) is 17.6. The largest absolute Gasteiger partial charge is 0.673 e. The number of nitrogens with one attached hydrogen (secondary N) is 1. The molecule has 0 bridgehead atoms. The Morgan fingerprint density at radius 2 is 1.29 bits per heavy atom. The van der Waals surface area contributed by atoms with Gasteiger partial charge in [0.05, 0.1) is 19.6 Å². The molecule has 0 saturated carbocycles. The number of halogens is 4. The Balaban J connectivity index is 0.000000922. The van der Waals surface area contributed by atoms with Gasteiger partial charge in [-0.1, -0.05) is 65.2 Å². The Bertz CT molecular complexity index is 268. The molecule has 2 unspecified atom stereocenters. The second kappa shape index (κ2) is 15.0. The molecule has 24 heavy (non-hydrogen) atoms. The summed E-state index contributed by atoms with van der Waals surface area (Å²) in [5.74, 6) is 0.979. The molecule has 0 spiro atoms. The average Bonchev–Trinajstić information content (AvgIpc) is 2.47. The molecule has 146 valence electrons. The SMILES string of the molecule is CCCCCCCCCCCC[NH+]1CCCC(C)C1.F[B-](F)(F)F. The van der Waals surface area contributed by atoms with Crippen molar-refractivity contribution in [1.29, 1.82) is 0 Å². The van der Waals surface area contributed by atoms with E-state index in [0.29, 0.717) is 0 Å². The Hall–Kier alpha value is -0.255. The van der Waals surface area contributed by atoms with Gasteiger partial charge in [0.1, 0.15) is 0 Å². The first-order chi connectivity index (χ1) is 11.3. The molecule has 1 nitrogen and oxygen atoms in total. The lowest BCUT2D eigenvalue weighted by Gasteiger charge is -2.27. The zero-order chi connectivity index (χ0) is 18.3. The maximum atomic E-state index is 9.75. The van der Waals surface area contributed by atoms with Crippen molar-refractivity contribution in [1.82, 2.24) is 0 Å². The van der Waals surface area contributed by atoms with E-state index in [2.05, 4.69) is 13.8 Å². The van der Waals surface area contributed by atoms with E-state index in [0.717, 1.165) is 5.92 Å². The lowest BCUT2D eigenvalue weighted by Crippen LogP contribution is -3.13. The van der Waals surface area contributed by atoms with Crippen molar-refractivity contribution in [3.63, 3.8) is 0 Å². The van der Waals surface area contributed by atoms with E-state index in [9.17, 15) is 17.3 Å². The summed E-state index contributed by atoms with van der Waals surface area (Å²) in [5.41, 5.74) is 0. The summed E-state index contributed by atoms with van der Waals surface area (Å²) in [4.78, 5) is 1.89. The normalized spacial score (nSPS) is 21.2. The molecule has 0 amide bonds. The van der Waals surface area contributed by atoms with Crippen molar-refractivity contribution in [3.8, 4) is 0 Å². The van der Waals surface area contributed by atoms with Gasteiger partial charge in [-0.15, -0.1) is 0 Å². The van der Waals surface area contributed by atoms with Crippen LogP contribution in [0.15, 0.2) is 0 Å². The van der Waals surface area contributed by atoms with Gasteiger partial charge in [0.2, 0.25) is 0 Å². The first kappa shape index (κ1) is 23.7. The van der Waals surface area contributed by atoms with Crippen molar-refractivity contribution in [2.45, 2.75) is 90.9 Å². The number of unbranched alkanes of at least 4 members (excludes halogenated alkanes) is 9. The third kappa shape index (κ3) is 19.8. The predicted octanol–water partition coefficient (Wildman–Crippen LogP) is 5.52. The van der Waals surface area contributed by atoms with E-state index < -0.39 is 7.25 Å². The molecule has 6 heteroatoms. The topological polar surface area (TPSA) is 4.44 Å². The van der Waals surface area contributed by atoms with Crippen LogP contribution in [0.2, 0.25) is 0 Å². The highest BCUT2D eigenvalue weighted by atomic mass is 19.5. The molecular weight excluding hydrogens is 317 g/mol. The number of hydrogen-bond donors (Lipinski definition) is 1. The molecule has 0 aromatic heterocycles. The molecule has 0 aliphatic carbocycles. The highest BCUT2D eigenvalue weighted by Gasteiger charge is 2.20. The third-order valence-corrected chi connectivity index (χ3v) is 4.75. The van der Waals surface area contributed by atoms with E-state index in [-0.39, 0.29) is 0 Å². The summed E-state index contributed by atoms with van der Waals surface area (Å²) < 4.78 is 39.0. The van der Waals surface area contributed by atoms with Gasteiger partial charge >= 0.3 is 7.25 Å². The molecule has 1 fully saturated rings. The van der Waals surface area contributed by atoms with Gasteiger partial charge in [0.15, 0.2) is 0 Å². The lowest BCUT2D eigenvalue weighted by molar-refractivity contribution is -0.908. The van der Waals surface area contributed by atoms with Crippen molar-refractivity contribution >= 4 is 7.25 Å². The Morgan fingerprint density at radius 3 is 1.75 bits per heavy atom. The number of likely N-dealkylation sites (tertiary alicyclic amines) is 1. The summed E-state index contributed by atoms with van der Waals surface area (Å²) in [5, 5.41) is 0. The van der Waals surface area contributed by atoms with Crippen molar-refractivity contribution in [2.24, 2.45) is 5.92 Å². The molecule has 1 aliphatic rings. The van der Waals surface area contributed by atoms with Crippen LogP contribution in [0.4, 0.5) is 17.3 Å². The fourth-order valence-electron chi connectivity index (χ4n) is 3.49. The summed E-state index contributed by atoms with van der Waals surface area (Å²) in [7, 11) is -6.00.